The van der Waals surface area contributed by atoms with E-state index in [1.54, 1.807) is 11.9 Å². The van der Waals surface area contributed by atoms with Crippen molar-refractivity contribution in [2.24, 2.45) is 0 Å². The first-order valence-electron chi connectivity index (χ1n) is 8.37. The van der Waals surface area contributed by atoms with Gasteiger partial charge in [0.2, 0.25) is 0 Å². The topological polar surface area (TPSA) is 64.8 Å². The fourth-order valence-electron chi connectivity index (χ4n) is 2.83. The van der Waals surface area contributed by atoms with Crippen LogP contribution in [0.2, 0.25) is 0 Å². The Hall–Kier alpha value is -1.60. The van der Waals surface area contributed by atoms with Crippen molar-refractivity contribution >= 4 is 6.03 Å². The minimum absolute atomic E-state index is 0.0790. The van der Waals surface area contributed by atoms with Gasteiger partial charge in [-0.15, -0.1) is 0 Å². The molecule has 1 aromatic rings. The third kappa shape index (κ3) is 5.21. The van der Waals surface area contributed by atoms with E-state index >= 15 is 0 Å². The summed E-state index contributed by atoms with van der Waals surface area (Å²) in [5, 5.41) is 6.92. The number of nitrogens with zero attached hydrogens (tertiary/aromatic N) is 4. The van der Waals surface area contributed by atoms with E-state index in [0.717, 1.165) is 44.2 Å². The Bertz CT molecular complexity index is 496. The molecule has 1 aliphatic rings. The number of piperazine rings is 1. The van der Waals surface area contributed by atoms with Gasteiger partial charge in [-0.05, 0) is 20.4 Å². The summed E-state index contributed by atoms with van der Waals surface area (Å²) in [7, 11) is 1.77. The lowest BCUT2D eigenvalue weighted by Crippen LogP contribution is -2.52. The molecule has 1 aromatic heterocycles. The summed E-state index contributed by atoms with van der Waals surface area (Å²) in [5.74, 6) is 0.758. The molecule has 1 saturated heterocycles. The number of amides is 2. The number of likely N-dealkylation sites (N-methyl/N-ethyl adjacent to an activating group) is 1. The number of rotatable bonds is 6. The molecule has 23 heavy (non-hydrogen) atoms. The Kier molecular flexibility index (Phi) is 6.41. The second kappa shape index (κ2) is 8.31. The lowest BCUT2D eigenvalue weighted by molar-refractivity contribution is 0.105. The predicted octanol–water partition coefficient (Wildman–Crippen LogP) is 1.15. The van der Waals surface area contributed by atoms with Crippen LogP contribution in [-0.4, -0.2) is 78.2 Å². The van der Waals surface area contributed by atoms with Crippen LogP contribution in [0.5, 0.6) is 0 Å². The van der Waals surface area contributed by atoms with Gasteiger partial charge in [-0.3, -0.25) is 4.90 Å². The molecule has 130 valence electrons. The predicted molar refractivity (Wildman–Crippen MR) is 89.3 cm³/mol. The molecule has 0 aliphatic carbocycles. The standard InChI is InChI=1S/C16H29N5O2/c1-5-20-6-8-21(9-7-20)13(2)11-17-16(22)19(4)12-15-10-14(3)23-18-15/h10,13H,5-9,11-12H2,1-4H3,(H,17,22)/t13-/m1/s1. The average molecular weight is 323 g/mol. The van der Waals surface area contributed by atoms with Crippen LogP contribution in [-0.2, 0) is 6.54 Å². The number of aryl methyl sites for hydroxylation is 1. The number of hydrogen-bond acceptors (Lipinski definition) is 5. The molecule has 1 fully saturated rings. The van der Waals surface area contributed by atoms with Gasteiger partial charge in [-0.25, -0.2) is 4.79 Å². The van der Waals surface area contributed by atoms with Crippen LogP contribution in [0, 0.1) is 6.92 Å². The zero-order valence-corrected chi connectivity index (χ0v) is 14.7. The summed E-state index contributed by atoms with van der Waals surface area (Å²) in [6.07, 6.45) is 0. The summed E-state index contributed by atoms with van der Waals surface area (Å²) >= 11 is 0. The number of nitrogens with one attached hydrogen (secondary N) is 1. The number of urea groups is 1. The molecule has 0 bridgehead atoms. The Morgan fingerprint density at radius 3 is 2.70 bits per heavy atom. The maximum atomic E-state index is 12.2. The van der Waals surface area contributed by atoms with Gasteiger partial charge in [0.05, 0.1) is 6.54 Å². The van der Waals surface area contributed by atoms with Crippen molar-refractivity contribution in [3.63, 3.8) is 0 Å². The summed E-state index contributed by atoms with van der Waals surface area (Å²) < 4.78 is 5.02. The SMILES string of the molecule is CCN1CCN([C@H](C)CNC(=O)N(C)Cc2cc(C)on2)CC1. The van der Waals surface area contributed by atoms with Crippen molar-refractivity contribution in [1.29, 1.82) is 0 Å². The smallest absolute Gasteiger partial charge is 0.317 e. The van der Waals surface area contributed by atoms with E-state index < -0.39 is 0 Å². The van der Waals surface area contributed by atoms with Crippen LogP contribution >= 0.6 is 0 Å². The lowest BCUT2D eigenvalue weighted by atomic mass is 10.2. The van der Waals surface area contributed by atoms with E-state index in [1.807, 2.05) is 13.0 Å². The summed E-state index contributed by atoms with van der Waals surface area (Å²) in [5.41, 5.74) is 0.767. The molecule has 7 heteroatoms. The molecule has 0 saturated carbocycles. The van der Waals surface area contributed by atoms with Crippen molar-refractivity contribution in [1.82, 2.24) is 25.2 Å². The van der Waals surface area contributed by atoms with E-state index in [9.17, 15) is 4.79 Å². The monoisotopic (exact) mass is 323 g/mol. The highest BCUT2D eigenvalue weighted by Crippen LogP contribution is 2.07. The van der Waals surface area contributed by atoms with Gasteiger partial charge in [0, 0.05) is 51.9 Å². The van der Waals surface area contributed by atoms with Crippen LogP contribution < -0.4 is 5.32 Å². The number of hydrogen-bond donors (Lipinski definition) is 1. The quantitative estimate of drug-likeness (QED) is 0.851. The number of aromatic nitrogens is 1. The number of carbonyl (C=O) groups excluding carboxylic acids is 1. The zero-order valence-electron chi connectivity index (χ0n) is 14.7. The van der Waals surface area contributed by atoms with Crippen molar-refractivity contribution in [3.8, 4) is 0 Å². The molecule has 0 unspecified atom stereocenters. The largest absolute Gasteiger partial charge is 0.361 e. The molecule has 0 aromatic carbocycles. The fourth-order valence-corrected chi connectivity index (χ4v) is 2.83. The van der Waals surface area contributed by atoms with Gasteiger partial charge in [-0.2, -0.15) is 0 Å². The van der Waals surface area contributed by atoms with Gasteiger partial charge in [0.1, 0.15) is 11.5 Å². The Labute approximate surface area is 138 Å². The molecular weight excluding hydrogens is 294 g/mol. The molecule has 7 nitrogen and oxygen atoms in total. The molecule has 1 aliphatic heterocycles. The minimum atomic E-state index is -0.0790. The van der Waals surface area contributed by atoms with Gasteiger partial charge < -0.3 is 19.6 Å². The van der Waals surface area contributed by atoms with Crippen LogP contribution in [0.1, 0.15) is 25.3 Å². The van der Waals surface area contributed by atoms with E-state index in [2.05, 4.69) is 34.1 Å². The fraction of sp³-hybridized carbons (Fsp3) is 0.750. The van der Waals surface area contributed by atoms with Crippen LogP contribution in [0.25, 0.3) is 0 Å². The molecule has 1 N–H and O–H groups in total. The summed E-state index contributed by atoms with van der Waals surface area (Å²) in [6, 6.07) is 2.12. The van der Waals surface area contributed by atoms with Gasteiger partial charge in [0.25, 0.3) is 0 Å². The van der Waals surface area contributed by atoms with Gasteiger partial charge in [0.15, 0.2) is 0 Å². The first-order chi connectivity index (χ1) is 11.0. The van der Waals surface area contributed by atoms with Crippen LogP contribution in [0.4, 0.5) is 4.79 Å². The van der Waals surface area contributed by atoms with Crippen molar-refractivity contribution in [2.45, 2.75) is 33.4 Å². The number of carbonyl (C=O) groups is 1. The van der Waals surface area contributed by atoms with Gasteiger partial charge in [-0.1, -0.05) is 12.1 Å². The molecule has 2 amide bonds. The molecule has 0 radical (unpaired) electrons. The minimum Gasteiger partial charge on any atom is -0.361 e. The molecule has 2 heterocycles. The normalized spacial score (nSPS) is 17.9. The van der Waals surface area contributed by atoms with Crippen LogP contribution in [0.15, 0.2) is 10.6 Å². The van der Waals surface area contributed by atoms with Crippen molar-refractivity contribution in [2.75, 3.05) is 46.3 Å². The molecule has 2 rings (SSSR count). The second-order valence-corrected chi connectivity index (χ2v) is 6.29. The molecule has 0 spiro atoms. The maximum absolute atomic E-state index is 12.2. The summed E-state index contributed by atoms with van der Waals surface area (Å²) in [6.45, 7) is 12.8. The van der Waals surface area contributed by atoms with Crippen molar-refractivity contribution in [3.05, 3.63) is 17.5 Å². The molecular formula is C16H29N5O2. The van der Waals surface area contributed by atoms with E-state index in [4.69, 9.17) is 4.52 Å². The van der Waals surface area contributed by atoms with Crippen molar-refractivity contribution < 1.29 is 9.32 Å². The third-order valence-corrected chi connectivity index (χ3v) is 4.45. The van der Waals surface area contributed by atoms with E-state index in [0.29, 0.717) is 19.1 Å². The first kappa shape index (κ1) is 17.7. The zero-order chi connectivity index (χ0) is 16.8. The summed E-state index contributed by atoms with van der Waals surface area (Å²) in [4.78, 5) is 18.7. The third-order valence-electron chi connectivity index (χ3n) is 4.45. The first-order valence-corrected chi connectivity index (χ1v) is 8.37. The Morgan fingerprint density at radius 1 is 1.43 bits per heavy atom. The highest BCUT2D eigenvalue weighted by Gasteiger charge is 2.21. The maximum Gasteiger partial charge on any atom is 0.317 e. The van der Waals surface area contributed by atoms with Crippen LogP contribution in [0.3, 0.4) is 0 Å². The molecule has 1 atom stereocenters. The van der Waals surface area contributed by atoms with E-state index in [-0.39, 0.29) is 6.03 Å². The highest BCUT2D eigenvalue weighted by atomic mass is 16.5. The van der Waals surface area contributed by atoms with Gasteiger partial charge >= 0.3 is 6.03 Å². The second-order valence-electron chi connectivity index (χ2n) is 6.29. The lowest BCUT2D eigenvalue weighted by Gasteiger charge is -2.37. The van der Waals surface area contributed by atoms with E-state index in [1.165, 1.54) is 0 Å². The highest BCUT2D eigenvalue weighted by molar-refractivity contribution is 5.73. The Balaban J connectivity index is 1.71. The average Bonchev–Trinajstić information content (AvgIpc) is 2.97. The Morgan fingerprint density at radius 2 is 2.13 bits per heavy atom.